The molecule has 0 spiro atoms. The van der Waals surface area contributed by atoms with Crippen LogP contribution < -0.4 is 10.6 Å². The quantitative estimate of drug-likeness (QED) is 0.781. The van der Waals surface area contributed by atoms with Crippen molar-refractivity contribution < 1.29 is 9.53 Å². The van der Waals surface area contributed by atoms with Gasteiger partial charge in [-0.15, -0.1) is 0 Å². The molecule has 1 heterocycles. The molecule has 104 valence electrons. The molecule has 1 aliphatic heterocycles. The topological polar surface area (TPSA) is 50.4 Å². The average Bonchev–Trinajstić information content (AvgIpc) is 2.27. The zero-order chi connectivity index (χ0) is 13.0. The molecule has 18 heavy (non-hydrogen) atoms. The van der Waals surface area contributed by atoms with E-state index < -0.39 is 0 Å². The van der Waals surface area contributed by atoms with Gasteiger partial charge in [0.05, 0.1) is 5.41 Å². The van der Waals surface area contributed by atoms with E-state index >= 15 is 0 Å². The van der Waals surface area contributed by atoms with E-state index in [4.69, 9.17) is 4.74 Å². The van der Waals surface area contributed by atoms with Gasteiger partial charge >= 0.3 is 0 Å². The number of ether oxygens (including phenoxy) is 1. The minimum Gasteiger partial charge on any atom is -0.385 e. The smallest absolute Gasteiger partial charge is 0.226 e. The summed E-state index contributed by atoms with van der Waals surface area (Å²) >= 11 is 0. The predicted molar refractivity (Wildman–Crippen MR) is 71.4 cm³/mol. The molecular weight excluding hydrogens is 228 g/mol. The Hall–Kier alpha value is -0.610. The maximum absolute atomic E-state index is 12.4. The Balaban J connectivity index is 1.85. The van der Waals surface area contributed by atoms with E-state index in [1.165, 1.54) is 6.42 Å². The molecule has 0 aromatic heterocycles. The Morgan fingerprint density at radius 2 is 2.28 bits per heavy atom. The van der Waals surface area contributed by atoms with Crippen LogP contribution in [0.4, 0.5) is 0 Å². The normalized spacial score (nSPS) is 30.6. The van der Waals surface area contributed by atoms with Crippen LogP contribution in [0.25, 0.3) is 0 Å². The van der Waals surface area contributed by atoms with E-state index in [1.807, 2.05) is 0 Å². The van der Waals surface area contributed by atoms with Crippen LogP contribution in [0.3, 0.4) is 0 Å². The summed E-state index contributed by atoms with van der Waals surface area (Å²) in [6, 6.07) is 0.870. The van der Waals surface area contributed by atoms with Gasteiger partial charge in [-0.25, -0.2) is 0 Å². The van der Waals surface area contributed by atoms with Crippen molar-refractivity contribution in [1.82, 2.24) is 10.6 Å². The highest BCUT2D eigenvalue weighted by Crippen LogP contribution is 2.44. The number of methoxy groups -OCH3 is 1. The fraction of sp³-hybridized carbons (Fsp3) is 0.929. The van der Waals surface area contributed by atoms with Crippen LogP contribution >= 0.6 is 0 Å². The summed E-state index contributed by atoms with van der Waals surface area (Å²) in [4.78, 5) is 12.4. The first-order valence-corrected chi connectivity index (χ1v) is 7.19. The molecule has 2 atom stereocenters. The van der Waals surface area contributed by atoms with Crippen LogP contribution in [-0.2, 0) is 9.53 Å². The second-order valence-electron chi connectivity index (χ2n) is 5.93. The SMILES string of the molecule is COCCC1(C(=O)NC2CCNC(C)C2)CCC1. The van der Waals surface area contributed by atoms with Gasteiger partial charge in [0, 0.05) is 25.8 Å². The molecule has 1 saturated carbocycles. The van der Waals surface area contributed by atoms with Crippen LogP contribution in [0.5, 0.6) is 0 Å². The van der Waals surface area contributed by atoms with Crippen LogP contribution in [0.1, 0.15) is 45.4 Å². The van der Waals surface area contributed by atoms with Gasteiger partial charge in [-0.1, -0.05) is 6.42 Å². The van der Waals surface area contributed by atoms with Gasteiger partial charge in [0.15, 0.2) is 0 Å². The van der Waals surface area contributed by atoms with Gasteiger partial charge in [0.25, 0.3) is 0 Å². The van der Waals surface area contributed by atoms with Gasteiger partial charge in [-0.2, -0.15) is 0 Å². The third-order valence-corrected chi connectivity index (χ3v) is 4.54. The molecule has 4 nitrogen and oxygen atoms in total. The largest absolute Gasteiger partial charge is 0.385 e. The van der Waals surface area contributed by atoms with E-state index in [-0.39, 0.29) is 11.3 Å². The first-order chi connectivity index (χ1) is 8.66. The van der Waals surface area contributed by atoms with E-state index in [2.05, 4.69) is 17.6 Å². The van der Waals surface area contributed by atoms with Crippen LogP contribution in [0.15, 0.2) is 0 Å². The zero-order valence-electron chi connectivity index (χ0n) is 11.6. The van der Waals surface area contributed by atoms with Crippen molar-refractivity contribution in [3.05, 3.63) is 0 Å². The summed E-state index contributed by atoms with van der Waals surface area (Å²) in [5, 5.41) is 6.68. The van der Waals surface area contributed by atoms with Gasteiger partial charge in [-0.3, -0.25) is 4.79 Å². The minimum atomic E-state index is -0.121. The maximum atomic E-state index is 12.4. The summed E-state index contributed by atoms with van der Waals surface area (Å²) in [5.74, 6) is 0.268. The zero-order valence-corrected chi connectivity index (χ0v) is 11.6. The van der Waals surface area contributed by atoms with Crippen LogP contribution in [0.2, 0.25) is 0 Å². The molecule has 1 saturated heterocycles. The summed E-state index contributed by atoms with van der Waals surface area (Å²) in [5.41, 5.74) is -0.121. The Bertz CT molecular complexity index is 290. The molecule has 1 aliphatic carbocycles. The van der Waals surface area contributed by atoms with Gasteiger partial charge < -0.3 is 15.4 Å². The lowest BCUT2D eigenvalue weighted by Crippen LogP contribution is -2.53. The molecule has 2 rings (SSSR count). The number of carbonyl (C=O) groups excluding carboxylic acids is 1. The summed E-state index contributed by atoms with van der Waals surface area (Å²) in [7, 11) is 1.71. The lowest BCUT2D eigenvalue weighted by atomic mass is 9.66. The van der Waals surface area contributed by atoms with Gasteiger partial charge in [0.2, 0.25) is 5.91 Å². The number of piperidine rings is 1. The summed E-state index contributed by atoms with van der Waals surface area (Å²) < 4.78 is 5.14. The lowest BCUT2D eigenvalue weighted by Gasteiger charge is -2.42. The standard InChI is InChI=1S/C14H26N2O2/c1-11-10-12(4-8-15-11)16-13(17)14(5-3-6-14)7-9-18-2/h11-12,15H,3-10H2,1-2H3,(H,16,17). The van der Waals surface area contributed by atoms with E-state index in [1.54, 1.807) is 7.11 Å². The molecule has 0 aromatic carbocycles. The first kappa shape index (κ1) is 13.8. The molecule has 2 N–H and O–H groups in total. The molecule has 2 aliphatic rings. The van der Waals surface area contributed by atoms with Gasteiger partial charge in [-0.05, 0) is 45.6 Å². The Morgan fingerprint density at radius 1 is 1.50 bits per heavy atom. The molecule has 4 heteroatoms. The third-order valence-electron chi connectivity index (χ3n) is 4.54. The highest BCUT2D eigenvalue weighted by atomic mass is 16.5. The molecule has 2 fully saturated rings. The number of hydrogen-bond acceptors (Lipinski definition) is 3. The van der Waals surface area contributed by atoms with E-state index in [0.29, 0.717) is 18.7 Å². The van der Waals surface area contributed by atoms with Crippen LogP contribution in [-0.4, -0.2) is 38.3 Å². The monoisotopic (exact) mass is 254 g/mol. The van der Waals surface area contributed by atoms with E-state index in [0.717, 1.165) is 38.6 Å². The Labute approximate surface area is 110 Å². The second kappa shape index (κ2) is 6.02. The van der Waals surface area contributed by atoms with Crippen molar-refractivity contribution in [3.8, 4) is 0 Å². The second-order valence-corrected chi connectivity index (χ2v) is 5.93. The van der Waals surface area contributed by atoms with Crippen molar-refractivity contribution in [2.45, 2.75) is 57.5 Å². The van der Waals surface area contributed by atoms with Crippen molar-refractivity contribution >= 4 is 5.91 Å². The Kier molecular flexibility index (Phi) is 4.62. The van der Waals surface area contributed by atoms with E-state index in [9.17, 15) is 4.79 Å². The lowest BCUT2D eigenvalue weighted by molar-refractivity contribution is -0.138. The fourth-order valence-electron chi connectivity index (χ4n) is 3.09. The molecule has 1 amide bonds. The van der Waals surface area contributed by atoms with Gasteiger partial charge in [0.1, 0.15) is 0 Å². The number of nitrogens with one attached hydrogen (secondary N) is 2. The third kappa shape index (κ3) is 3.04. The summed E-state index contributed by atoms with van der Waals surface area (Å²) in [6.45, 7) is 3.88. The first-order valence-electron chi connectivity index (χ1n) is 7.19. The number of carbonyl (C=O) groups is 1. The maximum Gasteiger partial charge on any atom is 0.226 e. The molecule has 0 bridgehead atoms. The molecular formula is C14H26N2O2. The van der Waals surface area contributed by atoms with Crippen molar-refractivity contribution in [2.75, 3.05) is 20.3 Å². The van der Waals surface area contributed by atoms with Crippen molar-refractivity contribution in [2.24, 2.45) is 5.41 Å². The predicted octanol–water partition coefficient (Wildman–Crippen LogP) is 1.45. The van der Waals surface area contributed by atoms with Crippen molar-refractivity contribution in [3.63, 3.8) is 0 Å². The number of hydrogen-bond donors (Lipinski definition) is 2. The average molecular weight is 254 g/mol. The fourth-order valence-corrected chi connectivity index (χ4v) is 3.09. The highest BCUT2D eigenvalue weighted by molar-refractivity contribution is 5.83. The highest BCUT2D eigenvalue weighted by Gasteiger charge is 2.44. The molecule has 0 aromatic rings. The summed E-state index contributed by atoms with van der Waals surface area (Å²) in [6.07, 6.45) is 6.21. The Morgan fingerprint density at radius 3 is 2.83 bits per heavy atom. The number of rotatable bonds is 5. The molecule has 2 unspecified atom stereocenters. The molecule has 0 radical (unpaired) electrons. The minimum absolute atomic E-state index is 0.121. The number of amides is 1. The van der Waals surface area contributed by atoms with Crippen LogP contribution in [0, 0.1) is 5.41 Å². The van der Waals surface area contributed by atoms with Crippen molar-refractivity contribution in [1.29, 1.82) is 0 Å².